The molecule has 0 heterocycles. The molecule has 0 saturated carbocycles. The van der Waals surface area contributed by atoms with Crippen LogP contribution in [0.3, 0.4) is 0 Å². The van der Waals surface area contributed by atoms with Gasteiger partial charge < -0.3 is 10.5 Å². The van der Waals surface area contributed by atoms with Gasteiger partial charge in [0.15, 0.2) is 0 Å². The van der Waals surface area contributed by atoms with Crippen molar-refractivity contribution in [1.82, 2.24) is 0 Å². The van der Waals surface area contributed by atoms with Crippen molar-refractivity contribution in [3.63, 3.8) is 0 Å². The number of sulfonamides is 1. The fourth-order valence-electron chi connectivity index (χ4n) is 1.10. The van der Waals surface area contributed by atoms with Gasteiger partial charge in [0.05, 0.1) is 23.7 Å². The van der Waals surface area contributed by atoms with Crippen LogP contribution in [0.2, 0.25) is 0 Å². The molecular formula is C9H12Br2N2O3S. The van der Waals surface area contributed by atoms with Gasteiger partial charge >= 0.3 is 0 Å². The highest BCUT2D eigenvalue weighted by Gasteiger charge is 2.14. The van der Waals surface area contributed by atoms with Crippen molar-refractivity contribution in [3.8, 4) is 0 Å². The molecule has 0 aliphatic rings. The van der Waals surface area contributed by atoms with E-state index >= 15 is 0 Å². The first-order valence-corrected chi connectivity index (χ1v) is 7.83. The van der Waals surface area contributed by atoms with Gasteiger partial charge in [0.2, 0.25) is 10.0 Å². The SMILES string of the molecule is COCCS(=O)(=O)Nc1c(N)cc(Br)cc1Br. The Balaban J connectivity index is 2.96. The van der Waals surface area contributed by atoms with E-state index in [4.69, 9.17) is 10.5 Å². The number of nitrogens with two attached hydrogens (primary N) is 1. The minimum absolute atomic E-state index is 0.120. The van der Waals surface area contributed by atoms with Crippen molar-refractivity contribution in [3.05, 3.63) is 21.1 Å². The number of hydrogen-bond acceptors (Lipinski definition) is 4. The number of nitrogens with one attached hydrogen (secondary N) is 1. The van der Waals surface area contributed by atoms with Gasteiger partial charge in [-0.25, -0.2) is 8.42 Å². The Morgan fingerprint density at radius 1 is 1.41 bits per heavy atom. The summed E-state index contributed by atoms with van der Waals surface area (Å²) in [4.78, 5) is 0. The van der Waals surface area contributed by atoms with Crippen molar-refractivity contribution in [1.29, 1.82) is 0 Å². The molecule has 0 amide bonds. The molecule has 1 aromatic rings. The molecule has 17 heavy (non-hydrogen) atoms. The number of halogens is 2. The standard InChI is InChI=1S/C9H12Br2N2O3S/c1-16-2-3-17(14,15)13-9-7(11)4-6(10)5-8(9)12/h4-5,13H,2-3,12H2,1H3. The van der Waals surface area contributed by atoms with Gasteiger partial charge in [-0.05, 0) is 28.1 Å². The molecule has 1 rings (SSSR count). The average Bonchev–Trinajstić information content (AvgIpc) is 2.21. The highest BCUT2D eigenvalue weighted by molar-refractivity contribution is 9.11. The van der Waals surface area contributed by atoms with Gasteiger partial charge in [0, 0.05) is 16.1 Å². The van der Waals surface area contributed by atoms with Crippen LogP contribution < -0.4 is 10.5 Å². The molecular weight excluding hydrogens is 376 g/mol. The molecule has 8 heteroatoms. The third-order valence-electron chi connectivity index (χ3n) is 1.90. The number of nitrogen functional groups attached to an aromatic ring is 1. The first kappa shape index (κ1) is 14.7. The molecule has 5 nitrogen and oxygen atoms in total. The Kier molecular flexibility index (Phi) is 5.23. The van der Waals surface area contributed by atoms with E-state index in [1.54, 1.807) is 12.1 Å². The third-order valence-corrected chi connectivity index (χ3v) is 4.20. The number of hydrogen-bond donors (Lipinski definition) is 2. The molecule has 0 aliphatic carbocycles. The summed E-state index contributed by atoms with van der Waals surface area (Å²) >= 11 is 6.51. The molecule has 3 N–H and O–H groups in total. The van der Waals surface area contributed by atoms with E-state index in [0.717, 1.165) is 4.47 Å². The Morgan fingerprint density at radius 2 is 2.06 bits per heavy atom. The molecule has 0 unspecified atom stereocenters. The fraction of sp³-hybridized carbons (Fsp3) is 0.333. The van der Waals surface area contributed by atoms with E-state index in [0.29, 0.717) is 15.8 Å². The topological polar surface area (TPSA) is 81.4 Å². The van der Waals surface area contributed by atoms with Crippen molar-refractivity contribution in [2.75, 3.05) is 29.9 Å². The lowest BCUT2D eigenvalue weighted by Gasteiger charge is -2.12. The molecule has 0 atom stereocenters. The average molecular weight is 388 g/mol. The molecule has 1 aromatic carbocycles. The number of ether oxygens (including phenoxy) is 1. The van der Waals surface area contributed by atoms with E-state index in [1.807, 2.05) is 0 Å². The zero-order valence-electron chi connectivity index (χ0n) is 9.04. The monoisotopic (exact) mass is 386 g/mol. The number of benzene rings is 1. The normalized spacial score (nSPS) is 11.5. The maximum Gasteiger partial charge on any atom is 0.235 e. The minimum atomic E-state index is -3.45. The summed E-state index contributed by atoms with van der Waals surface area (Å²) in [6.45, 7) is 0.128. The van der Waals surface area contributed by atoms with Crippen LogP contribution in [0.4, 0.5) is 11.4 Å². The van der Waals surface area contributed by atoms with E-state index in [-0.39, 0.29) is 12.4 Å². The van der Waals surface area contributed by atoms with Crippen LogP contribution in [0, 0.1) is 0 Å². The molecule has 0 aromatic heterocycles. The molecule has 0 spiro atoms. The van der Waals surface area contributed by atoms with Crippen LogP contribution in [-0.2, 0) is 14.8 Å². The fourth-order valence-corrected chi connectivity index (χ4v) is 3.62. The van der Waals surface area contributed by atoms with Gasteiger partial charge in [-0.3, -0.25) is 4.72 Å². The van der Waals surface area contributed by atoms with Crippen molar-refractivity contribution in [2.45, 2.75) is 0 Å². The van der Waals surface area contributed by atoms with Gasteiger partial charge in [-0.1, -0.05) is 15.9 Å². The lowest BCUT2D eigenvalue weighted by atomic mass is 10.3. The van der Waals surface area contributed by atoms with E-state index < -0.39 is 10.0 Å². The number of rotatable bonds is 5. The Bertz CT molecular complexity index is 482. The van der Waals surface area contributed by atoms with Gasteiger partial charge in [-0.15, -0.1) is 0 Å². The molecule has 0 saturated heterocycles. The lowest BCUT2D eigenvalue weighted by Crippen LogP contribution is -2.20. The van der Waals surface area contributed by atoms with E-state index in [9.17, 15) is 8.42 Å². The van der Waals surface area contributed by atoms with Crippen LogP contribution >= 0.6 is 31.9 Å². The summed E-state index contributed by atoms with van der Waals surface area (Å²) in [5.74, 6) is -0.120. The number of methoxy groups -OCH3 is 1. The molecule has 0 radical (unpaired) electrons. The van der Waals surface area contributed by atoms with E-state index in [1.165, 1.54) is 7.11 Å². The van der Waals surface area contributed by atoms with Gasteiger partial charge in [0.25, 0.3) is 0 Å². The summed E-state index contributed by atoms with van der Waals surface area (Å²) in [7, 11) is -2.01. The van der Waals surface area contributed by atoms with Crippen LogP contribution in [0.15, 0.2) is 21.1 Å². The largest absolute Gasteiger partial charge is 0.397 e. The highest BCUT2D eigenvalue weighted by Crippen LogP contribution is 2.33. The minimum Gasteiger partial charge on any atom is -0.397 e. The quantitative estimate of drug-likeness (QED) is 0.758. The lowest BCUT2D eigenvalue weighted by molar-refractivity contribution is 0.217. The van der Waals surface area contributed by atoms with Gasteiger partial charge in [0.1, 0.15) is 0 Å². The summed E-state index contributed by atoms with van der Waals surface area (Å²) < 4.78 is 31.8. The van der Waals surface area contributed by atoms with E-state index in [2.05, 4.69) is 36.6 Å². The highest BCUT2D eigenvalue weighted by atomic mass is 79.9. The number of anilines is 2. The summed E-state index contributed by atoms with van der Waals surface area (Å²) in [5.41, 5.74) is 6.42. The van der Waals surface area contributed by atoms with Crippen LogP contribution in [0.25, 0.3) is 0 Å². The maximum atomic E-state index is 11.7. The second kappa shape index (κ2) is 6.03. The first-order valence-electron chi connectivity index (χ1n) is 4.59. The molecule has 0 fully saturated rings. The predicted octanol–water partition coefficient (Wildman–Crippen LogP) is 2.18. The van der Waals surface area contributed by atoms with Gasteiger partial charge in [-0.2, -0.15) is 0 Å². The zero-order valence-corrected chi connectivity index (χ0v) is 13.0. The summed E-state index contributed by atoms with van der Waals surface area (Å²) in [6, 6.07) is 3.34. The van der Waals surface area contributed by atoms with Crippen molar-refractivity contribution < 1.29 is 13.2 Å². The summed E-state index contributed by atoms with van der Waals surface area (Å²) in [5, 5.41) is 0. The van der Waals surface area contributed by atoms with Crippen LogP contribution in [0.5, 0.6) is 0 Å². The Labute approximate surface area is 117 Å². The molecule has 0 bridgehead atoms. The molecule has 0 aliphatic heterocycles. The third kappa shape index (κ3) is 4.46. The predicted molar refractivity (Wildman–Crippen MR) is 75.5 cm³/mol. The Hall–Kier alpha value is -0.310. The molecule has 96 valence electrons. The second-order valence-electron chi connectivity index (χ2n) is 3.27. The zero-order chi connectivity index (χ0) is 13.1. The summed E-state index contributed by atoms with van der Waals surface area (Å²) in [6.07, 6.45) is 0. The Morgan fingerprint density at radius 3 is 2.59 bits per heavy atom. The maximum absolute atomic E-state index is 11.7. The van der Waals surface area contributed by atoms with Crippen LogP contribution in [-0.4, -0.2) is 27.9 Å². The first-order chi connectivity index (χ1) is 7.85. The van der Waals surface area contributed by atoms with Crippen molar-refractivity contribution in [2.24, 2.45) is 0 Å². The second-order valence-corrected chi connectivity index (χ2v) is 6.88. The van der Waals surface area contributed by atoms with Crippen molar-refractivity contribution >= 4 is 53.3 Å². The smallest absolute Gasteiger partial charge is 0.235 e. The van der Waals surface area contributed by atoms with Crippen LogP contribution in [0.1, 0.15) is 0 Å².